The van der Waals surface area contributed by atoms with Crippen molar-refractivity contribution in [1.29, 1.82) is 0 Å². The Morgan fingerprint density at radius 2 is 1.00 bits per heavy atom. The number of hydrogen-bond acceptors (Lipinski definition) is 10. The molecule has 0 radical (unpaired) electrons. The molecular formula is C58H107NO10. The molecule has 1 saturated heterocycles. The van der Waals surface area contributed by atoms with Crippen LogP contribution < -0.4 is 5.32 Å². The molecule has 0 saturated carbocycles. The van der Waals surface area contributed by atoms with E-state index < -0.39 is 67.4 Å². The third-order valence-corrected chi connectivity index (χ3v) is 13.5. The Labute approximate surface area is 422 Å². The number of carbonyl (C=O) groups excluding carboxylic acids is 2. The van der Waals surface area contributed by atoms with Crippen molar-refractivity contribution in [1.82, 2.24) is 5.32 Å². The van der Waals surface area contributed by atoms with Crippen LogP contribution >= 0.6 is 0 Å². The van der Waals surface area contributed by atoms with E-state index in [2.05, 4.69) is 50.4 Å². The van der Waals surface area contributed by atoms with Crippen molar-refractivity contribution in [3.63, 3.8) is 0 Å². The van der Waals surface area contributed by atoms with Crippen LogP contribution in [0, 0.1) is 0 Å². The number of allylic oxidation sites excluding steroid dienone is 5. The van der Waals surface area contributed by atoms with Gasteiger partial charge in [0.1, 0.15) is 24.4 Å². The summed E-state index contributed by atoms with van der Waals surface area (Å²) < 4.78 is 17.5. The lowest BCUT2D eigenvalue weighted by Gasteiger charge is -2.41. The molecule has 0 aromatic heterocycles. The molecule has 1 fully saturated rings. The summed E-state index contributed by atoms with van der Waals surface area (Å²) in [5.41, 5.74) is 0. The van der Waals surface area contributed by atoms with Gasteiger partial charge in [-0.1, -0.05) is 231 Å². The predicted octanol–water partition coefficient (Wildman–Crippen LogP) is 12.7. The normalized spacial score (nSPS) is 20.0. The Bertz CT molecular complexity index is 1260. The van der Waals surface area contributed by atoms with E-state index in [4.69, 9.17) is 14.2 Å². The van der Waals surface area contributed by atoms with E-state index >= 15 is 0 Å². The van der Waals surface area contributed by atoms with Crippen molar-refractivity contribution in [2.45, 2.75) is 307 Å². The van der Waals surface area contributed by atoms with Gasteiger partial charge < -0.3 is 45.1 Å². The lowest BCUT2D eigenvalue weighted by atomic mass is 9.99. The molecule has 1 aliphatic heterocycles. The second kappa shape index (κ2) is 46.9. The maximum absolute atomic E-state index is 13.4. The Morgan fingerprint density at radius 1 is 0.565 bits per heavy atom. The number of esters is 1. The first-order valence-electron chi connectivity index (χ1n) is 28.8. The fraction of sp³-hybridized carbons (Fsp3) is 0.862. The summed E-state index contributed by atoms with van der Waals surface area (Å²) in [5.74, 6) is -1.19. The monoisotopic (exact) mass is 978 g/mol. The molecule has 1 aliphatic rings. The van der Waals surface area contributed by atoms with Gasteiger partial charge in [-0.15, -0.1) is 0 Å². The first kappa shape index (κ1) is 64.9. The van der Waals surface area contributed by atoms with E-state index in [0.717, 1.165) is 70.6 Å². The number of hydrogen-bond donors (Lipinski definition) is 6. The van der Waals surface area contributed by atoms with Gasteiger partial charge in [0.25, 0.3) is 0 Å². The van der Waals surface area contributed by atoms with Crippen LogP contribution in [0.15, 0.2) is 36.5 Å². The van der Waals surface area contributed by atoms with Crippen LogP contribution in [0.4, 0.5) is 0 Å². The lowest BCUT2D eigenvalue weighted by molar-refractivity contribution is -0.305. The average molecular weight is 978 g/mol. The minimum Gasteiger partial charge on any atom is -0.454 e. The molecule has 69 heavy (non-hydrogen) atoms. The summed E-state index contributed by atoms with van der Waals surface area (Å²) in [5, 5.41) is 56.7. The van der Waals surface area contributed by atoms with Gasteiger partial charge in [-0.05, 0) is 57.8 Å². The van der Waals surface area contributed by atoms with Gasteiger partial charge in [-0.2, -0.15) is 0 Å². The Kier molecular flexibility index (Phi) is 44.1. The zero-order valence-electron chi connectivity index (χ0n) is 44.4. The summed E-state index contributed by atoms with van der Waals surface area (Å²) in [6.45, 7) is 5.74. The summed E-state index contributed by atoms with van der Waals surface area (Å²) in [6.07, 6.45) is 43.3. The smallest absolute Gasteiger partial charge is 0.306 e. The number of amides is 1. The SMILES string of the molecule is CCCCC/C=C\C/C=C\CCCCCCCCCCC(O)C(=O)NC(COC1OC(CO)C(O)C(O)C1OC(=O)CCCCCCCCCCCCC)C(O)/C=C/CCCCCCCCCCC. The van der Waals surface area contributed by atoms with E-state index in [1.807, 2.05) is 6.08 Å². The number of nitrogens with one attached hydrogen (secondary N) is 1. The van der Waals surface area contributed by atoms with Crippen molar-refractivity contribution >= 4 is 11.9 Å². The maximum atomic E-state index is 13.4. The van der Waals surface area contributed by atoms with E-state index in [1.54, 1.807) is 6.08 Å². The molecule has 0 bridgehead atoms. The third-order valence-electron chi connectivity index (χ3n) is 13.5. The van der Waals surface area contributed by atoms with Crippen molar-refractivity contribution in [2.24, 2.45) is 0 Å². The minimum atomic E-state index is -1.61. The minimum absolute atomic E-state index is 0.126. The molecule has 0 spiro atoms. The lowest BCUT2D eigenvalue weighted by Crippen LogP contribution is -2.61. The Hall–Kier alpha value is -2.12. The molecule has 1 amide bonds. The molecular weight excluding hydrogens is 871 g/mol. The highest BCUT2D eigenvalue weighted by Crippen LogP contribution is 2.26. The first-order valence-corrected chi connectivity index (χ1v) is 28.8. The Balaban J connectivity index is 2.70. The molecule has 0 aliphatic carbocycles. The second-order valence-electron chi connectivity index (χ2n) is 20.0. The third kappa shape index (κ3) is 35.6. The van der Waals surface area contributed by atoms with Crippen LogP contribution in [0.5, 0.6) is 0 Å². The second-order valence-corrected chi connectivity index (χ2v) is 20.0. The van der Waals surface area contributed by atoms with Gasteiger partial charge in [0.05, 0.1) is 25.4 Å². The summed E-state index contributed by atoms with van der Waals surface area (Å²) in [6, 6.07) is -1.02. The van der Waals surface area contributed by atoms with Crippen LogP contribution in [0.25, 0.3) is 0 Å². The largest absolute Gasteiger partial charge is 0.454 e. The highest BCUT2D eigenvalue weighted by molar-refractivity contribution is 5.80. The van der Waals surface area contributed by atoms with Gasteiger partial charge in [0.15, 0.2) is 12.4 Å². The molecule has 1 heterocycles. The van der Waals surface area contributed by atoms with E-state index in [9.17, 15) is 35.1 Å². The maximum Gasteiger partial charge on any atom is 0.306 e. The number of carbonyl (C=O) groups is 2. The standard InChI is InChI=1S/C58H107NO10/c1-4-7-10-13-16-19-22-23-24-25-26-27-28-31-33-36-39-42-45-51(62)57(66)59-49(50(61)44-41-38-35-32-29-20-17-14-11-8-5-2)48-67-58-56(55(65)54(64)52(47-60)68-58)69-53(63)46-43-40-37-34-30-21-18-15-12-9-6-3/h16,19,23-24,41,44,49-52,54-56,58,60-62,64-65H,4-15,17-18,20-22,25-40,42-43,45-48H2,1-3H3,(H,59,66)/b19-16-,24-23-,44-41+. The molecule has 8 unspecified atom stereocenters. The fourth-order valence-corrected chi connectivity index (χ4v) is 8.92. The molecule has 0 aromatic rings. The summed E-state index contributed by atoms with van der Waals surface area (Å²) in [7, 11) is 0. The van der Waals surface area contributed by atoms with Gasteiger partial charge >= 0.3 is 5.97 Å². The van der Waals surface area contributed by atoms with Crippen LogP contribution in [-0.2, 0) is 23.8 Å². The number of aliphatic hydroxyl groups excluding tert-OH is 5. The molecule has 6 N–H and O–H groups in total. The van der Waals surface area contributed by atoms with Gasteiger partial charge in [-0.25, -0.2) is 0 Å². The van der Waals surface area contributed by atoms with E-state index in [-0.39, 0.29) is 19.4 Å². The van der Waals surface area contributed by atoms with Crippen LogP contribution in [0.2, 0.25) is 0 Å². The highest BCUT2D eigenvalue weighted by atomic mass is 16.7. The average Bonchev–Trinajstić information content (AvgIpc) is 3.34. The molecule has 8 atom stereocenters. The van der Waals surface area contributed by atoms with Crippen molar-refractivity contribution < 1.29 is 49.3 Å². The number of ether oxygens (including phenoxy) is 3. The van der Waals surface area contributed by atoms with Crippen molar-refractivity contribution in [3.05, 3.63) is 36.5 Å². The van der Waals surface area contributed by atoms with Gasteiger partial charge in [-0.3, -0.25) is 9.59 Å². The van der Waals surface area contributed by atoms with Crippen LogP contribution in [0.1, 0.15) is 258 Å². The quantitative estimate of drug-likeness (QED) is 0.0196. The van der Waals surface area contributed by atoms with Crippen LogP contribution in [0.3, 0.4) is 0 Å². The number of aliphatic hydroxyl groups is 5. The summed E-state index contributed by atoms with van der Waals surface area (Å²) >= 11 is 0. The summed E-state index contributed by atoms with van der Waals surface area (Å²) in [4.78, 5) is 26.4. The highest BCUT2D eigenvalue weighted by Gasteiger charge is 2.47. The van der Waals surface area contributed by atoms with E-state index in [1.165, 1.54) is 141 Å². The van der Waals surface area contributed by atoms with Gasteiger partial charge in [0, 0.05) is 6.42 Å². The number of unbranched alkanes of at least 4 members (excludes halogenated alkanes) is 30. The molecule has 404 valence electrons. The van der Waals surface area contributed by atoms with E-state index in [0.29, 0.717) is 12.8 Å². The zero-order valence-corrected chi connectivity index (χ0v) is 44.4. The molecule has 0 aromatic carbocycles. The first-order chi connectivity index (χ1) is 33.7. The molecule has 1 rings (SSSR count). The number of rotatable bonds is 48. The van der Waals surface area contributed by atoms with Gasteiger partial charge in [0.2, 0.25) is 5.91 Å². The zero-order chi connectivity index (χ0) is 50.4. The van der Waals surface area contributed by atoms with Crippen molar-refractivity contribution in [3.8, 4) is 0 Å². The molecule has 11 nitrogen and oxygen atoms in total. The molecule has 11 heteroatoms. The van der Waals surface area contributed by atoms with Crippen LogP contribution in [-0.4, -0.2) is 99.6 Å². The van der Waals surface area contributed by atoms with Crippen molar-refractivity contribution in [2.75, 3.05) is 13.2 Å². The topological polar surface area (TPSA) is 175 Å². The fourth-order valence-electron chi connectivity index (χ4n) is 8.92. The Morgan fingerprint density at radius 3 is 1.51 bits per heavy atom. The predicted molar refractivity (Wildman–Crippen MR) is 283 cm³/mol.